The maximum atomic E-state index is 11.9. The molecule has 0 bridgehead atoms. The van der Waals surface area contributed by atoms with Gasteiger partial charge >= 0.3 is 0 Å². The van der Waals surface area contributed by atoms with E-state index in [-0.39, 0.29) is 17.4 Å². The Morgan fingerprint density at radius 3 is 2.58 bits per heavy atom. The highest BCUT2D eigenvalue weighted by Crippen LogP contribution is 2.29. The zero-order chi connectivity index (χ0) is 13.7. The summed E-state index contributed by atoms with van der Waals surface area (Å²) in [6, 6.07) is 8.96. The Morgan fingerprint density at radius 1 is 1.37 bits per heavy atom. The molecule has 0 saturated heterocycles. The molecule has 0 aromatic heterocycles. The lowest BCUT2D eigenvalue weighted by Crippen LogP contribution is -2.45. The molecule has 1 fully saturated rings. The maximum Gasteiger partial charge on any atom is 0.231 e. The molecule has 1 saturated carbocycles. The lowest BCUT2D eigenvalue weighted by molar-refractivity contribution is -0.119. The monoisotopic (exact) mass is 276 g/mol. The SMILES string of the molecule is N#CC1(NC(=O)CSc2ccc(O)cc2)CCCC1. The predicted molar refractivity (Wildman–Crippen MR) is 73.8 cm³/mol. The van der Waals surface area contributed by atoms with E-state index < -0.39 is 5.54 Å². The minimum Gasteiger partial charge on any atom is -0.508 e. The number of hydrogen-bond acceptors (Lipinski definition) is 4. The molecule has 0 heterocycles. The number of aromatic hydroxyl groups is 1. The predicted octanol–water partition coefficient (Wildman–Crippen LogP) is 2.44. The molecule has 5 heteroatoms. The number of nitriles is 1. The van der Waals surface area contributed by atoms with Crippen molar-refractivity contribution in [1.82, 2.24) is 5.32 Å². The van der Waals surface area contributed by atoms with Crippen LogP contribution in [0.15, 0.2) is 29.2 Å². The molecule has 4 nitrogen and oxygen atoms in total. The Labute approximate surface area is 116 Å². The zero-order valence-corrected chi connectivity index (χ0v) is 11.4. The molecule has 0 atom stereocenters. The topological polar surface area (TPSA) is 73.1 Å². The molecular weight excluding hydrogens is 260 g/mol. The van der Waals surface area contributed by atoms with Crippen LogP contribution in [0, 0.1) is 11.3 Å². The molecule has 1 aliphatic carbocycles. The minimum atomic E-state index is -0.646. The van der Waals surface area contributed by atoms with Gasteiger partial charge in [-0.25, -0.2) is 0 Å². The van der Waals surface area contributed by atoms with Crippen molar-refractivity contribution in [3.8, 4) is 11.8 Å². The van der Waals surface area contributed by atoms with Crippen LogP contribution < -0.4 is 5.32 Å². The molecule has 2 N–H and O–H groups in total. The first-order valence-electron chi connectivity index (χ1n) is 6.28. The van der Waals surface area contributed by atoms with Crippen molar-refractivity contribution < 1.29 is 9.90 Å². The van der Waals surface area contributed by atoms with Crippen molar-refractivity contribution in [3.63, 3.8) is 0 Å². The second-order valence-electron chi connectivity index (χ2n) is 4.73. The van der Waals surface area contributed by atoms with Crippen molar-refractivity contribution in [3.05, 3.63) is 24.3 Å². The summed E-state index contributed by atoms with van der Waals surface area (Å²) in [5.41, 5.74) is -0.646. The van der Waals surface area contributed by atoms with Crippen molar-refractivity contribution in [2.75, 3.05) is 5.75 Å². The van der Waals surface area contributed by atoms with Crippen LogP contribution in [0.4, 0.5) is 0 Å². The van der Waals surface area contributed by atoms with Gasteiger partial charge in [-0.2, -0.15) is 5.26 Å². The summed E-state index contributed by atoms with van der Waals surface area (Å²) < 4.78 is 0. The number of carbonyl (C=O) groups excluding carboxylic acids is 1. The van der Waals surface area contributed by atoms with Crippen molar-refractivity contribution in [2.24, 2.45) is 0 Å². The van der Waals surface area contributed by atoms with E-state index in [0.717, 1.165) is 30.6 Å². The van der Waals surface area contributed by atoms with Crippen LogP contribution in [0.2, 0.25) is 0 Å². The van der Waals surface area contributed by atoms with E-state index in [4.69, 9.17) is 5.11 Å². The van der Waals surface area contributed by atoms with E-state index in [9.17, 15) is 10.1 Å². The zero-order valence-electron chi connectivity index (χ0n) is 10.6. The molecular formula is C14H16N2O2S. The minimum absolute atomic E-state index is 0.110. The van der Waals surface area contributed by atoms with Crippen LogP contribution in [0.3, 0.4) is 0 Å². The molecule has 19 heavy (non-hydrogen) atoms. The smallest absolute Gasteiger partial charge is 0.231 e. The average Bonchev–Trinajstić information content (AvgIpc) is 2.87. The highest BCUT2D eigenvalue weighted by molar-refractivity contribution is 8.00. The summed E-state index contributed by atoms with van der Waals surface area (Å²) in [7, 11) is 0. The fourth-order valence-corrected chi connectivity index (χ4v) is 2.94. The Balaban J connectivity index is 1.85. The van der Waals surface area contributed by atoms with Gasteiger partial charge in [-0.1, -0.05) is 0 Å². The van der Waals surface area contributed by atoms with E-state index >= 15 is 0 Å². The number of hydrogen-bond donors (Lipinski definition) is 2. The molecule has 1 aromatic carbocycles. The fraction of sp³-hybridized carbons (Fsp3) is 0.429. The lowest BCUT2D eigenvalue weighted by atomic mass is 10.0. The number of thioether (sulfide) groups is 1. The van der Waals surface area contributed by atoms with Crippen LogP contribution in [-0.2, 0) is 4.79 Å². The Morgan fingerprint density at radius 2 is 2.00 bits per heavy atom. The van der Waals surface area contributed by atoms with Crippen LogP contribution in [-0.4, -0.2) is 22.3 Å². The van der Waals surface area contributed by atoms with Crippen molar-refractivity contribution in [1.29, 1.82) is 5.26 Å². The highest BCUT2D eigenvalue weighted by Gasteiger charge is 2.35. The van der Waals surface area contributed by atoms with E-state index in [1.165, 1.54) is 11.8 Å². The van der Waals surface area contributed by atoms with Crippen LogP contribution in [0.1, 0.15) is 25.7 Å². The second-order valence-corrected chi connectivity index (χ2v) is 5.78. The van der Waals surface area contributed by atoms with Gasteiger partial charge in [-0.3, -0.25) is 4.79 Å². The summed E-state index contributed by atoms with van der Waals surface area (Å²) in [6.07, 6.45) is 3.50. The van der Waals surface area contributed by atoms with Crippen LogP contribution in [0.25, 0.3) is 0 Å². The molecule has 0 aliphatic heterocycles. The summed E-state index contributed by atoms with van der Waals surface area (Å²) in [4.78, 5) is 12.8. The molecule has 1 aliphatic rings. The van der Waals surface area contributed by atoms with Gasteiger partial charge < -0.3 is 10.4 Å². The Bertz CT molecular complexity index is 487. The van der Waals surface area contributed by atoms with Gasteiger partial charge in [-0.05, 0) is 49.9 Å². The third kappa shape index (κ3) is 3.65. The van der Waals surface area contributed by atoms with Crippen molar-refractivity contribution >= 4 is 17.7 Å². The van der Waals surface area contributed by atoms with Gasteiger partial charge in [0.1, 0.15) is 11.3 Å². The largest absolute Gasteiger partial charge is 0.508 e. The van der Waals surface area contributed by atoms with Gasteiger partial charge in [-0.15, -0.1) is 11.8 Å². The number of nitrogens with one attached hydrogen (secondary N) is 1. The van der Waals surface area contributed by atoms with E-state index in [2.05, 4.69) is 11.4 Å². The lowest BCUT2D eigenvalue weighted by Gasteiger charge is -2.21. The third-order valence-corrected chi connectivity index (χ3v) is 4.27. The van der Waals surface area contributed by atoms with E-state index in [1.54, 1.807) is 24.3 Å². The third-order valence-electron chi connectivity index (χ3n) is 3.26. The highest BCUT2D eigenvalue weighted by atomic mass is 32.2. The fourth-order valence-electron chi connectivity index (χ4n) is 2.24. The molecule has 0 radical (unpaired) electrons. The summed E-state index contributed by atoms with van der Waals surface area (Å²) in [5, 5.41) is 21.2. The number of phenolic OH excluding ortho intramolecular Hbond substituents is 1. The molecule has 1 amide bonds. The number of nitrogens with zero attached hydrogens (tertiary/aromatic N) is 1. The molecule has 2 rings (SSSR count). The average molecular weight is 276 g/mol. The molecule has 0 unspecified atom stereocenters. The van der Waals surface area contributed by atoms with Crippen LogP contribution >= 0.6 is 11.8 Å². The van der Waals surface area contributed by atoms with Crippen LogP contribution in [0.5, 0.6) is 5.75 Å². The first-order chi connectivity index (χ1) is 9.13. The number of phenols is 1. The standard InChI is InChI=1S/C14H16N2O2S/c15-10-14(7-1-2-8-14)16-13(18)9-19-12-5-3-11(17)4-6-12/h3-6,17H,1-2,7-9H2,(H,16,18). The number of carbonyl (C=O) groups is 1. The first-order valence-corrected chi connectivity index (χ1v) is 7.26. The van der Waals surface area contributed by atoms with Gasteiger partial charge in [0.25, 0.3) is 0 Å². The summed E-state index contributed by atoms with van der Waals surface area (Å²) >= 11 is 1.40. The normalized spacial score (nSPS) is 16.8. The second kappa shape index (κ2) is 5.98. The van der Waals surface area contributed by atoms with E-state index in [0.29, 0.717) is 0 Å². The van der Waals surface area contributed by atoms with Gasteiger partial charge in [0.15, 0.2) is 0 Å². The molecule has 100 valence electrons. The van der Waals surface area contributed by atoms with E-state index in [1.807, 2.05) is 0 Å². The number of benzene rings is 1. The summed E-state index contributed by atoms with van der Waals surface area (Å²) in [5.74, 6) is 0.388. The number of rotatable bonds is 4. The molecule has 0 spiro atoms. The van der Waals surface area contributed by atoms with Gasteiger partial charge in [0.05, 0.1) is 11.8 Å². The summed E-state index contributed by atoms with van der Waals surface area (Å²) in [6.45, 7) is 0. The Hall–Kier alpha value is -1.67. The number of amides is 1. The Kier molecular flexibility index (Phi) is 4.33. The van der Waals surface area contributed by atoms with Crippen molar-refractivity contribution in [2.45, 2.75) is 36.1 Å². The first kappa shape index (κ1) is 13.8. The molecule has 1 aromatic rings. The van der Waals surface area contributed by atoms with Gasteiger partial charge in [0.2, 0.25) is 5.91 Å². The maximum absolute atomic E-state index is 11.9. The van der Waals surface area contributed by atoms with Gasteiger partial charge in [0, 0.05) is 4.90 Å². The quantitative estimate of drug-likeness (QED) is 0.828.